The Morgan fingerprint density at radius 1 is 1.16 bits per heavy atom. The molecule has 0 spiro atoms. The number of benzene rings is 1. The first-order chi connectivity index (χ1) is 11.7. The van der Waals surface area contributed by atoms with E-state index in [9.17, 15) is 4.79 Å². The molecule has 0 radical (unpaired) electrons. The van der Waals surface area contributed by atoms with Crippen molar-refractivity contribution in [1.82, 2.24) is 24.1 Å². The van der Waals surface area contributed by atoms with Gasteiger partial charge in [-0.15, -0.1) is 0 Å². The monoisotopic (exact) mass is 401 g/mol. The lowest BCUT2D eigenvalue weighted by Gasteiger charge is -2.11. The van der Waals surface area contributed by atoms with Crippen LogP contribution in [-0.2, 0) is 6.54 Å². The van der Waals surface area contributed by atoms with Crippen molar-refractivity contribution in [3.05, 3.63) is 63.4 Å². The van der Waals surface area contributed by atoms with E-state index in [1.165, 1.54) is 10.8 Å². The fourth-order valence-electron chi connectivity index (χ4n) is 2.64. The summed E-state index contributed by atoms with van der Waals surface area (Å²) in [6.45, 7) is 0.379. The Hall–Kier alpha value is -2.74. The summed E-state index contributed by atoms with van der Waals surface area (Å²) < 4.78 is 8.86. The predicted molar refractivity (Wildman–Crippen MR) is 99.1 cm³/mol. The van der Waals surface area contributed by atoms with Gasteiger partial charge in [-0.1, -0.05) is 19.6 Å². The van der Waals surface area contributed by atoms with Crippen LogP contribution >= 0.6 is 15.9 Å². The van der Waals surface area contributed by atoms with Crippen LogP contribution in [0.15, 0.2) is 52.1 Å². The van der Waals surface area contributed by atoms with Crippen LogP contribution in [0.25, 0.3) is 16.7 Å². The van der Waals surface area contributed by atoms with E-state index in [0.29, 0.717) is 17.8 Å². The lowest BCUT2D eigenvalue weighted by Crippen LogP contribution is -2.28. The van der Waals surface area contributed by atoms with E-state index in [1.807, 2.05) is 30.3 Å². The first-order valence-electron chi connectivity index (χ1n) is 7.18. The van der Waals surface area contributed by atoms with Crippen LogP contribution in [-0.4, -0.2) is 31.3 Å². The summed E-state index contributed by atoms with van der Waals surface area (Å²) in [5.41, 5.74) is 1.75. The second kappa shape index (κ2) is 6.64. The largest absolute Gasteiger partial charge is 0.497 e. The first-order valence-corrected chi connectivity index (χ1v) is 7.97. The normalized spacial score (nSPS) is 10.8. The van der Waals surface area contributed by atoms with Crippen molar-refractivity contribution in [3.8, 4) is 5.75 Å². The van der Waals surface area contributed by atoms with Crippen molar-refractivity contribution >= 4 is 32.6 Å². The van der Waals surface area contributed by atoms with E-state index in [1.54, 1.807) is 17.9 Å². The molecule has 8 heteroatoms. The SMILES string of the molecule is C.COc1ccc(Cn2c(=O)n3ncnc3c3cc(Br)cnc32)cc1. The molecule has 0 amide bonds. The van der Waals surface area contributed by atoms with Crippen LogP contribution in [0.4, 0.5) is 0 Å². The molecule has 3 heterocycles. The number of aromatic nitrogens is 5. The summed E-state index contributed by atoms with van der Waals surface area (Å²) in [5, 5.41) is 4.80. The number of halogens is 1. The molecule has 0 atom stereocenters. The summed E-state index contributed by atoms with van der Waals surface area (Å²) >= 11 is 3.41. The maximum atomic E-state index is 12.8. The minimum Gasteiger partial charge on any atom is -0.497 e. The molecule has 0 N–H and O–H groups in total. The van der Waals surface area contributed by atoms with Gasteiger partial charge in [-0.05, 0) is 39.7 Å². The molecule has 7 nitrogen and oxygen atoms in total. The number of rotatable bonds is 3. The molecule has 0 aliphatic rings. The molecule has 0 unspecified atom stereocenters. The second-order valence-electron chi connectivity index (χ2n) is 5.24. The summed E-state index contributed by atoms with van der Waals surface area (Å²) in [5.74, 6) is 0.768. The number of hydrogen-bond acceptors (Lipinski definition) is 5. The highest BCUT2D eigenvalue weighted by atomic mass is 79.9. The molecule has 25 heavy (non-hydrogen) atoms. The zero-order valence-electron chi connectivity index (χ0n) is 12.7. The standard InChI is InChI=1S/C16H12BrN5O2.CH4/c1-24-12-4-2-10(3-5-12)8-21-14-13(6-11(17)7-18-14)15-19-9-20-22(15)16(21)23;/h2-7,9H,8H2,1H3;1H4. The van der Waals surface area contributed by atoms with E-state index < -0.39 is 0 Å². The van der Waals surface area contributed by atoms with Crippen LogP contribution in [0, 0.1) is 0 Å². The van der Waals surface area contributed by atoms with Crippen LogP contribution in [0.2, 0.25) is 0 Å². The van der Waals surface area contributed by atoms with Gasteiger partial charge in [0.05, 0.1) is 19.0 Å². The summed E-state index contributed by atoms with van der Waals surface area (Å²) in [6, 6.07) is 9.44. The molecule has 4 rings (SSSR count). The van der Waals surface area contributed by atoms with Gasteiger partial charge in [0.25, 0.3) is 0 Å². The van der Waals surface area contributed by atoms with Crippen molar-refractivity contribution in [3.63, 3.8) is 0 Å². The maximum absolute atomic E-state index is 12.8. The van der Waals surface area contributed by atoms with Crippen molar-refractivity contribution in [1.29, 1.82) is 0 Å². The van der Waals surface area contributed by atoms with Crippen molar-refractivity contribution in [2.45, 2.75) is 14.0 Å². The van der Waals surface area contributed by atoms with Crippen LogP contribution in [0.5, 0.6) is 5.75 Å². The fourth-order valence-corrected chi connectivity index (χ4v) is 2.97. The number of fused-ring (bicyclic) bond motifs is 3. The Bertz CT molecular complexity index is 1100. The van der Waals surface area contributed by atoms with Gasteiger partial charge in [-0.3, -0.25) is 4.57 Å². The van der Waals surface area contributed by atoms with E-state index in [0.717, 1.165) is 21.2 Å². The number of pyridine rings is 1. The van der Waals surface area contributed by atoms with Gasteiger partial charge >= 0.3 is 5.69 Å². The molecule has 3 aromatic heterocycles. The molecular formula is C17H16BrN5O2. The van der Waals surface area contributed by atoms with Crippen LogP contribution < -0.4 is 10.4 Å². The zero-order chi connectivity index (χ0) is 16.7. The molecule has 0 aliphatic carbocycles. The number of hydrogen-bond donors (Lipinski definition) is 0. The zero-order valence-corrected chi connectivity index (χ0v) is 14.3. The average Bonchev–Trinajstić information content (AvgIpc) is 3.09. The van der Waals surface area contributed by atoms with Gasteiger partial charge in [-0.25, -0.2) is 14.8 Å². The van der Waals surface area contributed by atoms with E-state index >= 15 is 0 Å². The smallest absolute Gasteiger partial charge is 0.352 e. The van der Waals surface area contributed by atoms with Crippen LogP contribution in [0.3, 0.4) is 0 Å². The Balaban J connectivity index is 0.00000182. The minimum absolute atomic E-state index is 0. The number of nitrogens with zero attached hydrogens (tertiary/aromatic N) is 5. The molecule has 0 saturated carbocycles. The Kier molecular flexibility index (Phi) is 4.54. The van der Waals surface area contributed by atoms with Crippen molar-refractivity contribution < 1.29 is 4.74 Å². The lowest BCUT2D eigenvalue weighted by molar-refractivity contribution is 0.414. The summed E-state index contributed by atoms with van der Waals surface area (Å²) in [6.07, 6.45) is 3.04. The fraction of sp³-hybridized carbons (Fsp3) is 0.176. The predicted octanol–water partition coefficient (Wildman–Crippen LogP) is 2.89. The van der Waals surface area contributed by atoms with E-state index in [-0.39, 0.29) is 13.1 Å². The number of methoxy groups -OCH3 is 1. The Labute approximate surface area is 152 Å². The highest BCUT2D eigenvalue weighted by molar-refractivity contribution is 9.10. The van der Waals surface area contributed by atoms with Gasteiger partial charge in [0.15, 0.2) is 5.65 Å². The molecule has 0 fully saturated rings. The Morgan fingerprint density at radius 3 is 2.64 bits per heavy atom. The van der Waals surface area contributed by atoms with Crippen molar-refractivity contribution in [2.24, 2.45) is 0 Å². The van der Waals surface area contributed by atoms with E-state index in [2.05, 4.69) is 31.0 Å². The minimum atomic E-state index is -0.277. The lowest BCUT2D eigenvalue weighted by atomic mass is 10.2. The molecule has 0 saturated heterocycles. The molecule has 4 aromatic rings. The molecule has 1 aromatic carbocycles. The Morgan fingerprint density at radius 2 is 1.92 bits per heavy atom. The quantitative estimate of drug-likeness (QED) is 0.527. The average molecular weight is 402 g/mol. The topological polar surface area (TPSA) is 74.3 Å². The van der Waals surface area contributed by atoms with Gasteiger partial charge in [0.2, 0.25) is 0 Å². The van der Waals surface area contributed by atoms with Gasteiger partial charge in [0.1, 0.15) is 17.7 Å². The second-order valence-corrected chi connectivity index (χ2v) is 6.15. The van der Waals surface area contributed by atoms with E-state index in [4.69, 9.17) is 4.74 Å². The third-order valence-corrected chi connectivity index (χ3v) is 4.22. The number of ether oxygens (including phenoxy) is 1. The van der Waals surface area contributed by atoms with Gasteiger partial charge < -0.3 is 4.74 Å². The summed E-state index contributed by atoms with van der Waals surface area (Å²) in [4.78, 5) is 21.4. The highest BCUT2D eigenvalue weighted by Gasteiger charge is 2.14. The maximum Gasteiger partial charge on any atom is 0.352 e. The molecule has 0 aliphatic heterocycles. The third-order valence-electron chi connectivity index (χ3n) is 3.79. The highest BCUT2D eigenvalue weighted by Crippen LogP contribution is 2.20. The molecular weight excluding hydrogens is 386 g/mol. The third kappa shape index (κ3) is 2.89. The first kappa shape index (κ1) is 17.1. The van der Waals surface area contributed by atoms with Crippen LogP contribution in [0.1, 0.15) is 13.0 Å². The molecule has 128 valence electrons. The van der Waals surface area contributed by atoms with Crippen molar-refractivity contribution in [2.75, 3.05) is 7.11 Å². The molecule has 0 bridgehead atoms. The van der Waals surface area contributed by atoms with Gasteiger partial charge in [-0.2, -0.15) is 9.61 Å². The van der Waals surface area contributed by atoms with Gasteiger partial charge in [0, 0.05) is 10.7 Å². The summed E-state index contributed by atoms with van der Waals surface area (Å²) in [7, 11) is 1.62.